The molecule has 3 saturated heterocycles. The Balaban J connectivity index is 1.67. The van der Waals surface area contributed by atoms with E-state index in [1.807, 2.05) is 6.08 Å². The molecule has 0 aromatic rings. The van der Waals surface area contributed by atoms with E-state index in [1.165, 1.54) is 0 Å². The summed E-state index contributed by atoms with van der Waals surface area (Å²) in [5, 5.41) is 0. The fourth-order valence-corrected chi connectivity index (χ4v) is 8.14. The Morgan fingerprint density at radius 2 is 1.90 bits per heavy atom. The van der Waals surface area contributed by atoms with Gasteiger partial charge in [0.15, 0.2) is 5.60 Å². The zero-order valence-corrected chi connectivity index (χ0v) is 17.4. The summed E-state index contributed by atoms with van der Waals surface area (Å²) in [7, 11) is 0. The van der Waals surface area contributed by atoms with Gasteiger partial charge in [0, 0.05) is 12.3 Å². The van der Waals surface area contributed by atoms with Crippen molar-refractivity contribution in [2.24, 2.45) is 17.3 Å². The van der Waals surface area contributed by atoms with E-state index in [0.29, 0.717) is 12.0 Å². The maximum Gasteiger partial charge on any atom is 0.337 e. The Morgan fingerprint density at radius 3 is 2.69 bits per heavy atom. The summed E-state index contributed by atoms with van der Waals surface area (Å²) in [5.41, 5.74) is -0.786. The van der Waals surface area contributed by atoms with Crippen LogP contribution in [0.25, 0.3) is 0 Å². The lowest BCUT2D eigenvalue weighted by Crippen LogP contribution is -2.69. The average molecular weight is 398 g/mol. The first-order valence-electron chi connectivity index (χ1n) is 11.6. The largest absolute Gasteiger partial charge is 0.451 e. The van der Waals surface area contributed by atoms with Gasteiger partial charge in [-0.25, -0.2) is 9.59 Å². The summed E-state index contributed by atoms with van der Waals surface area (Å²) in [4.78, 5) is 26.3. The maximum absolute atomic E-state index is 13.2. The topological polar surface area (TPSA) is 61.8 Å². The van der Waals surface area contributed by atoms with Crippen LogP contribution >= 0.6 is 0 Å². The molecule has 2 unspecified atom stereocenters. The van der Waals surface area contributed by atoms with E-state index >= 15 is 0 Å². The Bertz CT molecular complexity index is 872. The number of unbranched alkanes of at least 4 members (excludes halogenated alkanes) is 1. The molecule has 3 spiro atoms. The molecule has 156 valence electrons. The fraction of sp³-hybridized carbons (Fsp3) is 0.750. The highest BCUT2D eigenvalue weighted by molar-refractivity contribution is 6.00. The summed E-state index contributed by atoms with van der Waals surface area (Å²) >= 11 is 0. The highest BCUT2D eigenvalue weighted by Crippen LogP contribution is 2.81. The van der Waals surface area contributed by atoms with Gasteiger partial charge in [-0.1, -0.05) is 38.8 Å². The van der Waals surface area contributed by atoms with E-state index in [9.17, 15) is 9.59 Å². The third kappa shape index (κ3) is 1.65. The minimum absolute atomic E-state index is 0.177. The predicted molar refractivity (Wildman–Crippen MR) is 105 cm³/mol. The first-order chi connectivity index (χ1) is 14.0. The fourth-order valence-electron chi connectivity index (χ4n) is 8.14. The molecule has 4 aliphatic carbocycles. The number of esters is 2. The van der Waals surface area contributed by atoms with Crippen molar-refractivity contribution in [2.75, 3.05) is 0 Å². The van der Waals surface area contributed by atoms with E-state index < -0.39 is 22.4 Å². The quantitative estimate of drug-likeness (QED) is 0.644. The molecule has 0 N–H and O–H groups in total. The summed E-state index contributed by atoms with van der Waals surface area (Å²) in [6.45, 7) is 4.34. The van der Waals surface area contributed by atoms with Crippen LogP contribution in [0, 0.1) is 17.3 Å². The van der Waals surface area contributed by atoms with Crippen LogP contribution in [0.3, 0.4) is 0 Å². The lowest BCUT2D eigenvalue weighted by molar-refractivity contribution is -0.250. The summed E-state index contributed by atoms with van der Waals surface area (Å²) < 4.78 is 19.8. The molecule has 3 aliphatic heterocycles. The van der Waals surface area contributed by atoms with Gasteiger partial charge in [0.05, 0.1) is 11.1 Å². The smallest absolute Gasteiger partial charge is 0.337 e. The number of hydrogen-bond donors (Lipinski definition) is 0. The van der Waals surface area contributed by atoms with Crippen LogP contribution in [-0.4, -0.2) is 28.9 Å². The lowest BCUT2D eigenvalue weighted by Gasteiger charge is -2.59. The van der Waals surface area contributed by atoms with E-state index in [4.69, 9.17) is 14.2 Å². The van der Waals surface area contributed by atoms with Gasteiger partial charge in [0.2, 0.25) is 5.79 Å². The second kappa shape index (κ2) is 5.54. The van der Waals surface area contributed by atoms with Gasteiger partial charge in [-0.3, -0.25) is 0 Å². The maximum atomic E-state index is 13.2. The SMILES string of the molecule is CCCC[C@]12OC(=O)C3=C[C@@H]4CC[C@@]31C1(OC(=O)C3=CCCC[C@]31O2)C4CCC. The van der Waals surface area contributed by atoms with Crippen LogP contribution in [0.2, 0.25) is 0 Å². The van der Waals surface area contributed by atoms with E-state index in [0.717, 1.165) is 63.4 Å². The number of fused-ring (bicyclic) bond motifs is 1. The average Bonchev–Trinajstić information content (AvgIpc) is 3.19. The first-order valence-corrected chi connectivity index (χ1v) is 11.6. The molecule has 1 saturated carbocycles. The van der Waals surface area contributed by atoms with Gasteiger partial charge in [-0.05, 0) is 50.9 Å². The van der Waals surface area contributed by atoms with Crippen molar-refractivity contribution in [2.45, 2.75) is 95.0 Å². The van der Waals surface area contributed by atoms with Gasteiger partial charge in [-0.15, -0.1) is 0 Å². The molecule has 0 radical (unpaired) electrons. The molecule has 0 aromatic carbocycles. The molecular formula is C24H30O5. The third-order valence-electron chi connectivity index (χ3n) is 8.88. The molecule has 4 fully saturated rings. The second-order valence-corrected chi connectivity index (χ2v) is 9.89. The van der Waals surface area contributed by atoms with E-state index in [1.54, 1.807) is 0 Å². The molecule has 5 nitrogen and oxygen atoms in total. The van der Waals surface area contributed by atoms with Crippen LogP contribution < -0.4 is 0 Å². The van der Waals surface area contributed by atoms with Crippen molar-refractivity contribution < 1.29 is 23.8 Å². The molecule has 5 heteroatoms. The molecular weight excluding hydrogens is 368 g/mol. The molecule has 0 aromatic heterocycles. The van der Waals surface area contributed by atoms with Gasteiger partial charge in [0.25, 0.3) is 0 Å². The van der Waals surface area contributed by atoms with Gasteiger partial charge >= 0.3 is 11.9 Å². The Kier molecular flexibility index (Phi) is 3.47. The molecule has 0 amide bonds. The number of rotatable bonds is 5. The molecule has 7 aliphatic rings. The molecule has 6 atom stereocenters. The first kappa shape index (κ1) is 18.2. The highest BCUT2D eigenvalue weighted by Gasteiger charge is 2.93. The van der Waals surface area contributed by atoms with Crippen molar-refractivity contribution >= 4 is 11.9 Å². The Hall–Kier alpha value is -1.62. The zero-order valence-electron chi connectivity index (χ0n) is 17.4. The van der Waals surface area contributed by atoms with Gasteiger partial charge < -0.3 is 14.2 Å². The number of allylic oxidation sites excluding steroid dienone is 2. The van der Waals surface area contributed by atoms with Crippen LogP contribution in [0.15, 0.2) is 23.3 Å². The lowest BCUT2D eigenvalue weighted by atomic mass is 9.43. The molecule has 3 heterocycles. The number of carbonyl (C=O) groups is 2. The van der Waals surface area contributed by atoms with Crippen molar-refractivity contribution in [1.29, 1.82) is 0 Å². The summed E-state index contributed by atoms with van der Waals surface area (Å²) in [5.74, 6) is -1.06. The normalized spacial score (nSPS) is 48.5. The van der Waals surface area contributed by atoms with Crippen LogP contribution in [0.1, 0.15) is 78.1 Å². The number of ether oxygens (including phenoxy) is 3. The Labute approximate surface area is 171 Å². The Morgan fingerprint density at radius 1 is 1.07 bits per heavy atom. The summed E-state index contributed by atoms with van der Waals surface area (Å²) in [6.07, 6.45) is 13.2. The highest BCUT2D eigenvalue weighted by atomic mass is 16.8. The van der Waals surface area contributed by atoms with Gasteiger partial charge in [-0.2, -0.15) is 0 Å². The molecule has 2 bridgehead atoms. The minimum atomic E-state index is -1.000. The van der Waals surface area contributed by atoms with Gasteiger partial charge in [0.1, 0.15) is 11.0 Å². The van der Waals surface area contributed by atoms with Crippen molar-refractivity contribution in [1.82, 2.24) is 0 Å². The van der Waals surface area contributed by atoms with Crippen molar-refractivity contribution in [3.63, 3.8) is 0 Å². The zero-order chi connectivity index (χ0) is 20.1. The molecule has 29 heavy (non-hydrogen) atoms. The van der Waals surface area contributed by atoms with E-state index in [2.05, 4.69) is 19.9 Å². The monoisotopic (exact) mass is 398 g/mol. The predicted octanol–water partition coefficient (Wildman–Crippen LogP) is 4.36. The van der Waals surface area contributed by atoms with Crippen LogP contribution in [0.4, 0.5) is 0 Å². The second-order valence-electron chi connectivity index (χ2n) is 9.89. The standard InChI is InChI=1S/C24H30O5/c1-3-5-12-23-21-13-10-15(14-18(21)20(26)27-23)16(8-4-2)24(21)22(29-23)11-7-6-9-17(22)19(25)28-24/h9,14-16H,3-8,10-13H2,1-2H3/t15-,16?,21+,22-,23+,24?/m0/s1. The third-order valence-corrected chi connectivity index (χ3v) is 8.88. The summed E-state index contributed by atoms with van der Waals surface area (Å²) in [6, 6.07) is 0. The van der Waals surface area contributed by atoms with Crippen LogP contribution in [-0.2, 0) is 23.8 Å². The molecule has 7 rings (SSSR count). The van der Waals surface area contributed by atoms with Crippen molar-refractivity contribution in [3.8, 4) is 0 Å². The van der Waals surface area contributed by atoms with E-state index in [-0.39, 0.29) is 23.8 Å². The number of hydrogen-bond acceptors (Lipinski definition) is 5. The number of carbonyl (C=O) groups excluding carboxylic acids is 2. The van der Waals surface area contributed by atoms with Crippen LogP contribution in [0.5, 0.6) is 0 Å². The van der Waals surface area contributed by atoms with Crippen molar-refractivity contribution in [3.05, 3.63) is 23.3 Å². The minimum Gasteiger partial charge on any atom is -0.451 e.